The zero-order chi connectivity index (χ0) is 12.5. The molecule has 0 aromatic heterocycles. The van der Waals surface area contributed by atoms with E-state index in [4.69, 9.17) is 0 Å². The number of nitrogens with zero attached hydrogens (tertiary/aromatic N) is 1. The highest BCUT2D eigenvalue weighted by Crippen LogP contribution is 2.41. The van der Waals surface area contributed by atoms with Gasteiger partial charge >= 0.3 is 0 Å². The maximum absolute atomic E-state index is 9.67. The minimum absolute atomic E-state index is 0.167. The van der Waals surface area contributed by atoms with Gasteiger partial charge in [-0.1, -0.05) is 31.9 Å². The number of likely N-dealkylation sites (N-methyl/N-ethyl adjacent to an activating group) is 1. The van der Waals surface area contributed by atoms with E-state index in [0.717, 1.165) is 0 Å². The third-order valence-electron chi connectivity index (χ3n) is 4.29. The Morgan fingerprint density at radius 2 is 2.06 bits per heavy atom. The van der Waals surface area contributed by atoms with Crippen LogP contribution in [0.5, 0.6) is 5.75 Å². The molecule has 0 aliphatic heterocycles. The summed E-state index contributed by atoms with van der Waals surface area (Å²) in [5.41, 5.74) is 1.44. The Labute approximate surface area is 104 Å². The van der Waals surface area contributed by atoms with Crippen LogP contribution in [0.25, 0.3) is 0 Å². The molecule has 1 aliphatic rings. The predicted octanol–water partition coefficient (Wildman–Crippen LogP) is 3.15. The van der Waals surface area contributed by atoms with Crippen molar-refractivity contribution in [2.75, 3.05) is 14.1 Å². The Kier molecular flexibility index (Phi) is 3.43. The van der Waals surface area contributed by atoms with Crippen LogP contribution in [0.3, 0.4) is 0 Å². The summed E-state index contributed by atoms with van der Waals surface area (Å²) in [7, 11) is 4.33. The predicted molar refractivity (Wildman–Crippen MR) is 71.4 cm³/mol. The second kappa shape index (κ2) is 4.69. The van der Waals surface area contributed by atoms with Gasteiger partial charge in [-0.15, -0.1) is 0 Å². The highest BCUT2D eigenvalue weighted by atomic mass is 16.3. The summed E-state index contributed by atoms with van der Waals surface area (Å²) >= 11 is 0. The molecular weight excluding hydrogens is 210 g/mol. The van der Waals surface area contributed by atoms with Gasteiger partial charge in [0.05, 0.1) is 0 Å². The number of phenolic OH excluding ortho intramolecular Hbond substituents is 1. The number of phenols is 1. The number of benzene rings is 1. The quantitative estimate of drug-likeness (QED) is 0.848. The Bertz CT molecular complexity index is 388. The van der Waals surface area contributed by atoms with Crippen LogP contribution < -0.4 is 0 Å². The largest absolute Gasteiger partial charge is 0.508 e. The van der Waals surface area contributed by atoms with Gasteiger partial charge in [0.2, 0.25) is 0 Å². The lowest BCUT2D eigenvalue weighted by atomic mass is 9.67. The standard InChI is InChI=1S/C15H23NO/c1-15(12-7-6-8-13(17)11-12)10-5-4-9-14(15)16(2)3/h6-8,11,14,17H,4-5,9-10H2,1-3H3. The molecule has 0 spiro atoms. The van der Waals surface area contributed by atoms with E-state index in [9.17, 15) is 5.11 Å². The van der Waals surface area contributed by atoms with Crippen LogP contribution in [-0.4, -0.2) is 30.1 Å². The summed E-state index contributed by atoms with van der Waals surface area (Å²) in [6.45, 7) is 2.34. The molecule has 1 fully saturated rings. The molecule has 1 aliphatic carbocycles. The van der Waals surface area contributed by atoms with E-state index >= 15 is 0 Å². The third-order valence-corrected chi connectivity index (χ3v) is 4.29. The Balaban J connectivity index is 2.37. The van der Waals surface area contributed by atoms with E-state index in [1.807, 2.05) is 12.1 Å². The van der Waals surface area contributed by atoms with Crippen molar-refractivity contribution in [3.05, 3.63) is 29.8 Å². The van der Waals surface area contributed by atoms with Gasteiger partial charge in [-0.2, -0.15) is 0 Å². The number of hydrogen-bond donors (Lipinski definition) is 1. The van der Waals surface area contributed by atoms with Crippen LogP contribution in [0, 0.1) is 0 Å². The van der Waals surface area contributed by atoms with Crippen molar-refractivity contribution in [1.82, 2.24) is 4.90 Å². The normalized spacial score (nSPS) is 29.5. The topological polar surface area (TPSA) is 23.5 Å². The molecule has 0 heterocycles. The molecule has 0 saturated heterocycles. The Morgan fingerprint density at radius 3 is 2.71 bits per heavy atom. The third kappa shape index (κ3) is 2.32. The van der Waals surface area contributed by atoms with Crippen LogP contribution in [0.15, 0.2) is 24.3 Å². The zero-order valence-electron chi connectivity index (χ0n) is 11.1. The molecule has 0 amide bonds. The second-order valence-corrected chi connectivity index (χ2v) is 5.69. The first-order valence-electron chi connectivity index (χ1n) is 6.50. The first-order valence-corrected chi connectivity index (χ1v) is 6.50. The smallest absolute Gasteiger partial charge is 0.115 e. The van der Waals surface area contributed by atoms with Gasteiger partial charge in [0.25, 0.3) is 0 Å². The monoisotopic (exact) mass is 233 g/mol. The van der Waals surface area contributed by atoms with E-state index in [1.165, 1.54) is 31.2 Å². The fourth-order valence-electron chi connectivity index (χ4n) is 3.34. The highest BCUT2D eigenvalue weighted by molar-refractivity contribution is 5.34. The SMILES string of the molecule is CN(C)C1CCCCC1(C)c1cccc(O)c1. The summed E-state index contributed by atoms with van der Waals surface area (Å²) in [6, 6.07) is 8.36. The van der Waals surface area contributed by atoms with Crippen molar-refractivity contribution in [3.63, 3.8) is 0 Å². The molecule has 0 bridgehead atoms. The first kappa shape index (κ1) is 12.4. The van der Waals surface area contributed by atoms with Gasteiger partial charge in [0, 0.05) is 11.5 Å². The molecule has 1 aromatic rings. The molecule has 0 radical (unpaired) electrons. The average Bonchev–Trinajstić information content (AvgIpc) is 2.29. The average molecular weight is 233 g/mol. The Hall–Kier alpha value is -1.02. The number of rotatable bonds is 2. The molecule has 2 heteroatoms. The minimum atomic E-state index is 0.167. The molecule has 94 valence electrons. The molecule has 2 atom stereocenters. The molecule has 1 N–H and O–H groups in total. The van der Waals surface area contributed by atoms with Gasteiger partial charge in [-0.25, -0.2) is 0 Å². The van der Waals surface area contributed by atoms with Gasteiger partial charge in [0.1, 0.15) is 5.75 Å². The van der Waals surface area contributed by atoms with E-state index in [2.05, 4.69) is 32.0 Å². The van der Waals surface area contributed by atoms with Crippen molar-refractivity contribution in [1.29, 1.82) is 0 Å². The lowest BCUT2D eigenvalue weighted by molar-refractivity contribution is 0.133. The van der Waals surface area contributed by atoms with Crippen molar-refractivity contribution < 1.29 is 5.11 Å². The summed E-state index contributed by atoms with van der Waals surface area (Å²) < 4.78 is 0. The second-order valence-electron chi connectivity index (χ2n) is 5.69. The molecule has 1 aromatic carbocycles. The molecular formula is C15H23NO. The maximum atomic E-state index is 9.67. The van der Waals surface area contributed by atoms with Crippen molar-refractivity contribution >= 4 is 0 Å². The first-order chi connectivity index (χ1) is 8.04. The van der Waals surface area contributed by atoms with E-state index in [0.29, 0.717) is 11.8 Å². The summed E-state index contributed by atoms with van der Waals surface area (Å²) in [5.74, 6) is 0.381. The van der Waals surface area contributed by atoms with Crippen LogP contribution in [0.4, 0.5) is 0 Å². The highest BCUT2D eigenvalue weighted by Gasteiger charge is 2.39. The molecule has 2 unspecified atom stereocenters. The van der Waals surface area contributed by atoms with Crippen LogP contribution in [0.1, 0.15) is 38.2 Å². The fraction of sp³-hybridized carbons (Fsp3) is 0.600. The van der Waals surface area contributed by atoms with Crippen molar-refractivity contribution in [2.45, 2.75) is 44.1 Å². The van der Waals surface area contributed by atoms with Crippen LogP contribution in [-0.2, 0) is 5.41 Å². The van der Waals surface area contributed by atoms with Gasteiger partial charge in [-0.3, -0.25) is 0 Å². The molecule has 2 rings (SSSR count). The van der Waals surface area contributed by atoms with E-state index in [1.54, 1.807) is 6.07 Å². The van der Waals surface area contributed by atoms with Gasteiger partial charge in [-0.05, 0) is 44.6 Å². The van der Waals surface area contributed by atoms with Crippen LogP contribution in [0.2, 0.25) is 0 Å². The lowest BCUT2D eigenvalue weighted by Gasteiger charge is -2.45. The van der Waals surface area contributed by atoms with Gasteiger partial charge < -0.3 is 10.0 Å². The molecule has 2 nitrogen and oxygen atoms in total. The fourth-order valence-corrected chi connectivity index (χ4v) is 3.34. The minimum Gasteiger partial charge on any atom is -0.508 e. The molecule has 1 saturated carbocycles. The summed E-state index contributed by atoms with van der Waals surface area (Å²) in [4.78, 5) is 2.34. The van der Waals surface area contributed by atoms with Crippen LogP contribution >= 0.6 is 0 Å². The van der Waals surface area contributed by atoms with E-state index in [-0.39, 0.29) is 5.41 Å². The van der Waals surface area contributed by atoms with Crippen molar-refractivity contribution in [2.24, 2.45) is 0 Å². The van der Waals surface area contributed by atoms with Crippen molar-refractivity contribution in [3.8, 4) is 5.75 Å². The maximum Gasteiger partial charge on any atom is 0.115 e. The number of hydrogen-bond acceptors (Lipinski definition) is 2. The molecule has 17 heavy (non-hydrogen) atoms. The summed E-state index contributed by atoms with van der Waals surface area (Å²) in [5, 5.41) is 9.67. The Morgan fingerprint density at radius 1 is 1.29 bits per heavy atom. The number of aromatic hydroxyl groups is 1. The zero-order valence-corrected chi connectivity index (χ0v) is 11.1. The summed E-state index contributed by atoms with van der Waals surface area (Å²) in [6.07, 6.45) is 5.06. The lowest BCUT2D eigenvalue weighted by Crippen LogP contribution is -2.48. The van der Waals surface area contributed by atoms with Gasteiger partial charge in [0.15, 0.2) is 0 Å². The van der Waals surface area contributed by atoms with E-state index < -0.39 is 0 Å².